The number of allylic oxidation sites excluding steroid dienone is 7. The van der Waals surface area contributed by atoms with Gasteiger partial charge in [-0.2, -0.15) is 0 Å². The largest absolute Gasteiger partial charge is 0.510 e. The number of hydrogen-bond donors (Lipinski definition) is 4. The second-order valence-electron chi connectivity index (χ2n) is 16.7. The summed E-state index contributed by atoms with van der Waals surface area (Å²) in [5, 5.41) is 35.5. The van der Waals surface area contributed by atoms with Crippen molar-refractivity contribution in [2.24, 2.45) is 35.5 Å². The minimum Gasteiger partial charge on any atom is -0.510 e. The topological polar surface area (TPSA) is 196 Å². The van der Waals surface area contributed by atoms with Gasteiger partial charge in [-0.3, -0.25) is 9.59 Å². The van der Waals surface area contributed by atoms with E-state index in [0.29, 0.717) is 12.0 Å². The number of aliphatic hydroxyl groups is 3. The van der Waals surface area contributed by atoms with Crippen molar-refractivity contribution in [2.45, 2.75) is 130 Å². The van der Waals surface area contributed by atoms with E-state index in [4.69, 9.17) is 28.4 Å². The number of carbonyl (C=O) groups excluding carboxylic acids is 4. The summed E-state index contributed by atoms with van der Waals surface area (Å²) in [7, 11) is 4.29. The number of aliphatic hydroxyl groups excluding tert-OH is 3. The van der Waals surface area contributed by atoms with Crippen molar-refractivity contribution in [3.8, 4) is 0 Å². The van der Waals surface area contributed by atoms with Crippen LogP contribution in [0.15, 0.2) is 70.9 Å². The Kier molecular flexibility index (Phi) is 18.3. The van der Waals surface area contributed by atoms with Crippen LogP contribution < -0.4 is 5.32 Å². The molecule has 0 spiro atoms. The highest BCUT2D eigenvalue weighted by Crippen LogP contribution is 2.44. The summed E-state index contributed by atoms with van der Waals surface area (Å²) in [5.41, 5.74) is 1.53. The van der Waals surface area contributed by atoms with Gasteiger partial charge in [0.1, 0.15) is 29.8 Å². The van der Waals surface area contributed by atoms with E-state index in [9.17, 15) is 34.5 Å². The van der Waals surface area contributed by atoms with Crippen molar-refractivity contribution < 1.29 is 62.9 Å². The van der Waals surface area contributed by atoms with Gasteiger partial charge in [0.05, 0.1) is 25.4 Å². The number of cyclic esters (lactones) is 1. The molecular weight excluding hydrogens is 762 g/mol. The van der Waals surface area contributed by atoms with Gasteiger partial charge in [-0.1, -0.05) is 83.9 Å². The molecule has 0 aromatic carbocycles. The molecule has 1 fully saturated rings. The van der Waals surface area contributed by atoms with Crippen molar-refractivity contribution in [3.05, 3.63) is 70.9 Å². The normalized spacial score (nSPS) is 35.1. The third-order valence-electron chi connectivity index (χ3n) is 11.8. The van der Waals surface area contributed by atoms with Crippen LogP contribution in [0.4, 0.5) is 0 Å². The number of Topliss-reactive ketones (excluding diaryl/α,β-unsaturated/α-hetero) is 1. The standard InChI is InChI=1S/C45H67NO13/c1-24(2)42-29(7)36(57-38(50)19-18-37(49)46-39-32(47)16-17-33(39)48)23-45(56-12,59-42)31(9)41(52)30(8)43-34(54-10)15-13-14-25(3)20-27(5)40(51)28(6)21-26(4)22-35(55-11)44(53)58-43/h13-15,18-19,21-22,24,27-31,34,36,40-43,47,51-52H,16-17,20,23H2,1-12H3,(H,46,49)/b15-13+,19-18+,25-14+,26-21+,35-22+/t27-,28+,29+,30-,31-,34-,36-,40+,41+,42-,43+,45-/m0/s1. The van der Waals surface area contributed by atoms with Gasteiger partial charge in [-0.15, -0.1) is 0 Å². The first-order valence-corrected chi connectivity index (χ1v) is 20.5. The molecule has 0 bridgehead atoms. The Bertz CT molecular complexity index is 1690. The highest BCUT2D eigenvalue weighted by atomic mass is 16.7. The average Bonchev–Trinajstić information content (AvgIpc) is 3.51. The summed E-state index contributed by atoms with van der Waals surface area (Å²) < 4.78 is 36.3. The zero-order chi connectivity index (χ0) is 44.4. The zero-order valence-corrected chi connectivity index (χ0v) is 36.7. The molecule has 0 unspecified atom stereocenters. The second-order valence-corrected chi connectivity index (χ2v) is 16.7. The maximum absolute atomic E-state index is 13.8. The van der Waals surface area contributed by atoms with Crippen LogP contribution in [0.25, 0.3) is 0 Å². The fourth-order valence-electron chi connectivity index (χ4n) is 8.25. The molecule has 1 saturated heterocycles. The lowest BCUT2D eigenvalue weighted by molar-refractivity contribution is -0.339. The highest BCUT2D eigenvalue weighted by molar-refractivity contribution is 6.04. The number of methoxy groups -OCH3 is 3. The van der Waals surface area contributed by atoms with Crippen LogP contribution in [-0.4, -0.2) is 103 Å². The van der Waals surface area contributed by atoms with Gasteiger partial charge >= 0.3 is 11.9 Å². The molecule has 3 aliphatic rings. The van der Waals surface area contributed by atoms with E-state index in [0.717, 1.165) is 17.7 Å². The van der Waals surface area contributed by atoms with Crippen LogP contribution in [-0.2, 0) is 47.6 Å². The number of nitrogens with one attached hydrogen (secondary N) is 1. The molecule has 1 amide bonds. The molecule has 4 N–H and O–H groups in total. The van der Waals surface area contributed by atoms with Crippen molar-refractivity contribution >= 4 is 23.6 Å². The quantitative estimate of drug-likeness (QED) is 0.138. The first-order chi connectivity index (χ1) is 27.7. The fraction of sp³-hybridized carbons (Fsp3) is 0.644. The van der Waals surface area contributed by atoms with Gasteiger partial charge in [0, 0.05) is 69.3 Å². The monoisotopic (exact) mass is 829 g/mol. The maximum atomic E-state index is 13.8. The lowest BCUT2D eigenvalue weighted by Gasteiger charge is -2.51. The first-order valence-electron chi connectivity index (χ1n) is 20.5. The van der Waals surface area contributed by atoms with E-state index < -0.39 is 77.9 Å². The summed E-state index contributed by atoms with van der Waals surface area (Å²) >= 11 is 0. The molecule has 14 nitrogen and oxygen atoms in total. The smallest absolute Gasteiger partial charge is 0.373 e. The highest BCUT2D eigenvalue weighted by Gasteiger charge is 2.54. The van der Waals surface area contributed by atoms with Crippen LogP contribution in [0.2, 0.25) is 0 Å². The summed E-state index contributed by atoms with van der Waals surface area (Å²) in [6, 6.07) is 0. The van der Waals surface area contributed by atoms with E-state index in [1.807, 2.05) is 60.6 Å². The molecule has 59 heavy (non-hydrogen) atoms. The van der Waals surface area contributed by atoms with Crippen molar-refractivity contribution in [2.75, 3.05) is 21.3 Å². The van der Waals surface area contributed by atoms with Crippen molar-refractivity contribution in [3.63, 3.8) is 0 Å². The van der Waals surface area contributed by atoms with Crippen LogP contribution in [0.3, 0.4) is 0 Å². The summed E-state index contributed by atoms with van der Waals surface area (Å²) in [6.07, 6.45) is 6.62. The Labute approximate surface area is 349 Å². The molecule has 12 atom stereocenters. The van der Waals surface area contributed by atoms with Crippen LogP contribution in [0.1, 0.15) is 88.0 Å². The third-order valence-corrected chi connectivity index (χ3v) is 11.8. The van der Waals surface area contributed by atoms with Gasteiger partial charge in [0.25, 0.3) is 0 Å². The predicted molar refractivity (Wildman–Crippen MR) is 220 cm³/mol. The number of rotatable bonds is 12. The Hall–Kier alpha value is -4.08. The Morgan fingerprint density at radius 2 is 1.69 bits per heavy atom. The number of esters is 2. The van der Waals surface area contributed by atoms with Gasteiger partial charge in [0.2, 0.25) is 11.7 Å². The first kappa shape index (κ1) is 49.3. The fourth-order valence-corrected chi connectivity index (χ4v) is 8.25. The minimum absolute atomic E-state index is 0.00964. The van der Waals surface area contributed by atoms with Gasteiger partial charge in [-0.25, -0.2) is 9.59 Å². The Morgan fingerprint density at radius 1 is 1.02 bits per heavy atom. The number of carbonyl (C=O) groups is 4. The van der Waals surface area contributed by atoms with E-state index in [-0.39, 0.29) is 60.1 Å². The molecule has 0 radical (unpaired) electrons. The zero-order valence-electron chi connectivity index (χ0n) is 36.7. The summed E-state index contributed by atoms with van der Waals surface area (Å²) in [6.45, 7) is 17.0. The average molecular weight is 830 g/mol. The molecule has 3 rings (SSSR count). The van der Waals surface area contributed by atoms with Gasteiger partial charge in [0.15, 0.2) is 11.6 Å². The van der Waals surface area contributed by atoms with Crippen molar-refractivity contribution in [1.29, 1.82) is 0 Å². The van der Waals surface area contributed by atoms with E-state index >= 15 is 0 Å². The number of amides is 1. The van der Waals surface area contributed by atoms with E-state index in [2.05, 4.69) is 5.32 Å². The van der Waals surface area contributed by atoms with Crippen LogP contribution in [0.5, 0.6) is 0 Å². The van der Waals surface area contributed by atoms with E-state index in [1.54, 1.807) is 32.1 Å². The lowest BCUT2D eigenvalue weighted by Crippen LogP contribution is -2.60. The predicted octanol–water partition coefficient (Wildman–Crippen LogP) is 5.70. The lowest BCUT2D eigenvalue weighted by atomic mass is 9.76. The summed E-state index contributed by atoms with van der Waals surface area (Å²) in [4.78, 5) is 51.4. The molecule has 0 saturated carbocycles. The number of hydrogen-bond acceptors (Lipinski definition) is 13. The number of ether oxygens (including phenoxy) is 6. The molecule has 0 aromatic rings. The molecule has 1 aliphatic carbocycles. The molecule has 2 aliphatic heterocycles. The molecule has 2 heterocycles. The van der Waals surface area contributed by atoms with E-state index in [1.165, 1.54) is 21.3 Å². The Morgan fingerprint density at radius 3 is 2.27 bits per heavy atom. The van der Waals surface area contributed by atoms with Gasteiger partial charge < -0.3 is 49.1 Å². The SMILES string of the molecule is CO/C1=C/C(C)=C/[C@@H](C)[C@H](O)[C@@H](C)C/C(C)=C/C=C/[C@H](OC)[C@@H]([C@@H](C)[C@@H](O)[C@H](C)[C@]2(OC)C[C@H](OC(=O)/C=C/C(=O)NC3=C(O)CCC3=O)[C@@H](C)[C@H](C(C)C)O2)OC1=O. The number of ketones is 1. The molecule has 14 heteroatoms. The molecular formula is C45H67NO13. The minimum atomic E-state index is -1.49. The van der Waals surface area contributed by atoms with Gasteiger partial charge in [-0.05, 0) is 38.2 Å². The second kappa shape index (κ2) is 22.0. The third kappa shape index (κ3) is 12.7. The molecule has 0 aromatic heterocycles. The summed E-state index contributed by atoms with van der Waals surface area (Å²) in [5.74, 6) is -6.84. The van der Waals surface area contributed by atoms with Crippen LogP contribution >= 0.6 is 0 Å². The Balaban J connectivity index is 1.96. The van der Waals surface area contributed by atoms with Crippen molar-refractivity contribution in [1.82, 2.24) is 5.32 Å². The van der Waals surface area contributed by atoms with Crippen LogP contribution in [0, 0.1) is 35.5 Å². The molecule has 330 valence electrons. The maximum Gasteiger partial charge on any atom is 0.373 e.